The highest BCUT2D eigenvalue weighted by atomic mass is 127. The molecule has 0 radical (unpaired) electrons. The molecule has 1 aromatic rings. The first-order chi connectivity index (χ1) is 11.5. The number of nitrogens with one attached hydrogen (secondary N) is 2. The normalized spacial score (nSPS) is 17.8. The van der Waals surface area contributed by atoms with Gasteiger partial charge >= 0.3 is 0 Å². The van der Waals surface area contributed by atoms with Crippen molar-refractivity contribution in [3.8, 4) is 0 Å². The van der Waals surface area contributed by atoms with E-state index in [-0.39, 0.29) is 29.9 Å². The molecule has 1 atom stereocenters. The quantitative estimate of drug-likeness (QED) is 0.406. The van der Waals surface area contributed by atoms with E-state index >= 15 is 0 Å². The van der Waals surface area contributed by atoms with Crippen molar-refractivity contribution in [1.82, 2.24) is 15.5 Å². The van der Waals surface area contributed by atoms with E-state index in [4.69, 9.17) is 0 Å². The topological polar surface area (TPSA) is 56.7 Å². The first-order valence-corrected chi connectivity index (χ1v) is 8.76. The lowest BCUT2D eigenvalue weighted by Gasteiger charge is -2.28. The van der Waals surface area contributed by atoms with Crippen LogP contribution in [0.3, 0.4) is 0 Å². The predicted molar refractivity (Wildman–Crippen MR) is 115 cm³/mol. The Balaban J connectivity index is 0.00000312. The van der Waals surface area contributed by atoms with Gasteiger partial charge in [0.05, 0.1) is 5.41 Å². The standard InChI is InChI=1S/C19H30N4O.HI/c1-5-21-17(24)19(2,3)14-22-18(20-4)23-12-11-16(13-23)15-9-7-6-8-10-15;/h6-10,16H,5,11-14H2,1-4H3,(H,20,22)(H,21,24);1H. The van der Waals surface area contributed by atoms with Crippen LogP contribution in [0.4, 0.5) is 0 Å². The lowest BCUT2D eigenvalue weighted by Crippen LogP contribution is -2.48. The van der Waals surface area contributed by atoms with Crippen LogP contribution in [-0.4, -0.2) is 50.0 Å². The second-order valence-corrected chi connectivity index (χ2v) is 6.99. The van der Waals surface area contributed by atoms with Crippen molar-refractivity contribution >= 4 is 35.8 Å². The molecular formula is C19H31IN4O. The number of rotatable bonds is 5. The molecule has 0 saturated carbocycles. The lowest BCUT2D eigenvalue weighted by atomic mass is 9.92. The van der Waals surface area contributed by atoms with E-state index in [1.165, 1.54) is 5.56 Å². The number of aliphatic imine (C=N–C) groups is 1. The molecule has 1 fully saturated rings. The Morgan fingerprint density at radius 3 is 2.56 bits per heavy atom. The van der Waals surface area contributed by atoms with Crippen LogP contribution in [0, 0.1) is 5.41 Å². The minimum absolute atomic E-state index is 0. The highest BCUT2D eigenvalue weighted by Crippen LogP contribution is 2.27. The summed E-state index contributed by atoms with van der Waals surface area (Å²) in [5.41, 5.74) is 0.919. The van der Waals surface area contributed by atoms with Crippen molar-refractivity contribution in [2.75, 3.05) is 33.2 Å². The fourth-order valence-corrected chi connectivity index (χ4v) is 3.06. The fourth-order valence-electron chi connectivity index (χ4n) is 3.06. The Kier molecular flexibility index (Phi) is 8.68. The summed E-state index contributed by atoms with van der Waals surface area (Å²) < 4.78 is 0. The van der Waals surface area contributed by atoms with Gasteiger partial charge in [-0.2, -0.15) is 0 Å². The van der Waals surface area contributed by atoms with E-state index in [2.05, 4.69) is 50.9 Å². The molecule has 1 amide bonds. The molecule has 5 nitrogen and oxygen atoms in total. The maximum Gasteiger partial charge on any atom is 0.227 e. The molecule has 0 aromatic heterocycles. The second kappa shape index (κ2) is 9.99. The molecule has 2 N–H and O–H groups in total. The van der Waals surface area contributed by atoms with Gasteiger partial charge in [0.25, 0.3) is 0 Å². The van der Waals surface area contributed by atoms with Gasteiger partial charge in [-0.3, -0.25) is 9.79 Å². The van der Waals surface area contributed by atoms with Gasteiger partial charge in [0.15, 0.2) is 5.96 Å². The van der Waals surface area contributed by atoms with Gasteiger partial charge in [0.2, 0.25) is 5.91 Å². The van der Waals surface area contributed by atoms with E-state index < -0.39 is 5.41 Å². The lowest BCUT2D eigenvalue weighted by molar-refractivity contribution is -0.128. The molecule has 25 heavy (non-hydrogen) atoms. The van der Waals surface area contributed by atoms with Gasteiger partial charge in [-0.05, 0) is 32.8 Å². The van der Waals surface area contributed by atoms with Crippen molar-refractivity contribution in [3.05, 3.63) is 35.9 Å². The van der Waals surface area contributed by atoms with Gasteiger partial charge in [0.1, 0.15) is 0 Å². The minimum atomic E-state index is -0.468. The van der Waals surface area contributed by atoms with Gasteiger partial charge < -0.3 is 15.5 Å². The fraction of sp³-hybridized carbons (Fsp3) is 0.579. The number of guanidine groups is 1. The summed E-state index contributed by atoms with van der Waals surface area (Å²) in [5, 5.41) is 6.27. The molecule has 0 spiro atoms. The number of benzene rings is 1. The zero-order chi connectivity index (χ0) is 17.6. The van der Waals surface area contributed by atoms with Crippen molar-refractivity contribution in [1.29, 1.82) is 0 Å². The molecular weight excluding hydrogens is 427 g/mol. The first kappa shape index (κ1) is 21.7. The van der Waals surface area contributed by atoms with Crippen LogP contribution in [0.1, 0.15) is 38.7 Å². The number of amides is 1. The Hall–Kier alpha value is -1.31. The Morgan fingerprint density at radius 2 is 1.96 bits per heavy atom. The molecule has 1 aliphatic heterocycles. The van der Waals surface area contributed by atoms with Crippen LogP contribution in [0.5, 0.6) is 0 Å². The minimum Gasteiger partial charge on any atom is -0.356 e. The number of hydrogen-bond acceptors (Lipinski definition) is 2. The molecule has 2 rings (SSSR count). The second-order valence-electron chi connectivity index (χ2n) is 6.99. The Labute approximate surface area is 168 Å². The molecule has 1 saturated heterocycles. The van der Waals surface area contributed by atoms with Crippen LogP contribution in [-0.2, 0) is 4.79 Å². The number of nitrogens with zero attached hydrogens (tertiary/aromatic N) is 2. The monoisotopic (exact) mass is 458 g/mol. The van der Waals surface area contributed by atoms with Crippen molar-refractivity contribution in [2.45, 2.75) is 33.1 Å². The molecule has 6 heteroatoms. The van der Waals surface area contributed by atoms with E-state index in [1.54, 1.807) is 7.05 Å². The van der Waals surface area contributed by atoms with Crippen LogP contribution in [0.15, 0.2) is 35.3 Å². The molecule has 0 aliphatic carbocycles. The zero-order valence-electron chi connectivity index (χ0n) is 15.7. The molecule has 0 bridgehead atoms. The van der Waals surface area contributed by atoms with Gasteiger partial charge in [0, 0.05) is 39.1 Å². The molecule has 1 unspecified atom stereocenters. The van der Waals surface area contributed by atoms with Crippen molar-refractivity contribution in [3.63, 3.8) is 0 Å². The summed E-state index contributed by atoms with van der Waals surface area (Å²) >= 11 is 0. The highest BCUT2D eigenvalue weighted by Gasteiger charge is 2.30. The summed E-state index contributed by atoms with van der Waals surface area (Å²) in [7, 11) is 1.80. The summed E-state index contributed by atoms with van der Waals surface area (Å²) in [5.74, 6) is 1.49. The first-order valence-electron chi connectivity index (χ1n) is 8.76. The molecule has 1 heterocycles. The number of halogens is 1. The van der Waals surface area contributed by atoms with Crippen molar-refractivity contribution < 1.29 is 4.79 Å². The van der Waals surface area contributed by atoms with Crippen LogP contribution in [0.2, 0.25) is 0 Å². The predicted octanol–water partition coefficient (Wildman–Crippen LogP) is 2.83. The van der Waals surface area contributed by atoms with Crippen molar-refractivity contribution in [2.24, 2.45) is 10.4 Å². The van der Waals surface area contributed by atoms with Gasteiger partial charge in [-0.1, -0.05) is 30.3 Å². The van der Waals surface area contributed by atoms with E-state index in [0.717, 1.165) is 25.5 Å². The average molecular weight is 458 g/mol. The Morgan fingerprint density at radius 1 is 1.28 bits per heavy atom. The largest absolute Gasteiger partial charge is 0.356 e. The average Bonchev–Trinajstić information content (AvgIpc) is 3.06. The van der Waals surface area contributed by atoms with Crippen LogP contribution < -0.4 is 10.6 Å². The third-order valence-corrected chi connectivity index (χ3v) is 4.61. The number of carbonyl (C=O) groups is 1. The number of carbonyl (C=O) groups excluding carboxylic acids is 1. The summed E-state index contributed by atoms with van der Waals surface area (Å²) in [6.45, 7) is 9.02. The van der Waals surface area contributed by atoms with Gasteiger partial charge in [-0.25, -0.2) is 0 Å². The summed E-state index contributed by atoms with van der Waals surface area (Å²) in [4.78, 5) is 18.8. The van der Waals surface area contributed by atoms with E-state index in [0.29, 0.717) is 19.0 Å². The SMILES string of the molecule is CCNC(=O)C(C)(C)CNC(=NC)N1CCC(c2ccccc2)C1.I. The Bertz CT molecular complexity index is 574. The maximum atomic E-state index is 12.1. The summed E-state index contributed by atoms with van der Waals surface area (Å²) in [6.07, 6.45) is 1.13. The maximum absolute atomic E-state index is 12.1. The van der Waals surface area contributed by atoms with Crippen LogP contribution >= 0.6 is 24.0 Å². The highest BCUT2D eigenvalue weighted by molar-refractivity contribution is 14.0. The molecule has 1 aromatic carbocycles. The van der Waals surface area contributed by atoms with Crippen LogP contribution in [0.25, 0.3) is 0 Å². The third-order valence-electron chi connectivity index (χ3n) is 4.61. The zero-order valence-corrected chi connectivity index (χ0v) is 18.0. The van der Waals surface area contributed by atoms with E-state index in [1.807, 2.05) is 20.8 Å². The molecule has 1 aliphatic rings. The number of likely N-dealkylation sites (tertiary alicyclic amines) is 1. The summed E-state index contributed by atoms with van der Waals surface area (Å²) in [6, 6.07) is 10.6. The number of hydrogen-bond donors (Lipinski definition) is 2. The van der Waals surface area contributed by atoms with E-state index in [9.17, 15) is 4.79 Å². The molecule has 140 valence electrons. The van der Waals surface area contributed by atoms with Gasteiger partial charge in [-0.15, -0.1) is 24.0 Å². The smallest absolute Gasteiger partial charge is 0.227 e. The third kappa shape index (κ3) is 5.87.